The van der Waals surface area contributed by atoms with Crippen molar-refractivity contribution < 1.29 is 31.1 Å². The summed E-state index contributed by atoms with van der Waals surface area (Å²) in [6.07, 6.45) is 5.98. The van der Waals surface area contributed by atoms with Crippen molar-refractivity contribution in [2.75, 3.05) is 12.8 Å². The standard InChI is InChI=1S/C28H30F3N3O4S/c1-39(36,37)34-14-19-10-26(32-13-20(19)15-34)18-7-8-21(22-11-24(30)25(31)12-23(22)29)27(9-18)33-28(35)38-16-17-5-3-2-4-6-17/h2-6,11-14,18,20-21,26-27H,7-10,15-16H2,1H3,(H,33,35)/t18-,20?,21+,26?,27-/m0/s1. The fraction of sp³-hybridized carbons (Fsp3) is 0.429. The average Bonchev–Trinajstić information content (AvgIpc) is 3.35. The minimum Gasteiger partial charge on any atom is -0.445 e. The van der Waals surface area contributed by atoms with Gasteiger partial charge >= 0.3 is 6.09 Å². The highest BCUT2D eigenvalue weighted by molar-refractivity contribution is 7.88. The lowest BCUT2D eigenvalue weighted by molar-refractivity contribution is 0.125. The van der Waals surface area contributed by atoms with E-state index in [2.05, 4.69) is 5.32 Å². The summed E-state index contributed by atoms with van der Waals surface area (Å²) in [4.78, 5) is 17.5. The first kappa shape index (κ1) is 27.2. The molecule has 1 amide bonds. The second kappa shape index (κ2) is 11.0. The largest absolute Gasteiger partial charge is 0.445 e. The van der Waals surface area contributed by atoms with Crippen LogP contribution in [0.15, 0.2) is 59.2 Å². The van der Waals surface area contributed by atoms with Crippen LogP contribution in [0.4, 0.5) is 18.0 Å². The first-order valence-corrected chi connectivity index (χ1v) is 14.8. The minimum absolute atomic E-state index is 0.000543. The predicted molar refractivity (Wildman–Crippen MR) is 140 cm³/mol. The summed E-state index contributed by atoms with van der Waals surface area (Å²) in [5, 5.41) is 2.84. The Morgan fingerprint density at radius 3 is 2.59 bits per heavy atom. The van der Waals surface area contributed by atoms with E-state index >= 15 is 0 Å². The summed E-state index contributed by atoms with van der Waals surface area (Å²) < 4.78 is 73.2. The third-order valence-electron chi connectivity index (χ3n) is 7.88. The summed E-state index contributed by atoms with van der Waals surface area (Å²) in [5.41, 5.74) is 1.80. The van der Waals surface area contributed by atoms with Gasteiger partial charge in [-0.3, -0.25) is 9.30 Å². The second-order valence-electron chi connectivity index (χ2n) is 10.5. The molecule has 2 aromatic carbocycles. The van der Waals surface area contributed by atoms with E-state index in [0.717, 1.165) is 17.2 Å². The molecule has 2 heterocycles. The maximum atomic E-state index is 14.8. The van der Waals surface area contributed by atoms with Crippen molar-refractivity contribution >= 4 is 22.3 Å². The molecule has 208 valence electrons. The minimum atomic E-state index is -3.36. The molecule has 39 heavy (non-hydrogen) atoms. The topological polar surface area (TPSA) is 88.1 Å². The molecule has 5 atom stereocenters. The number of halogens is 3. The Kier molecular flexibility index (Phi) is 7.70. The van der Waals surface area contributed by atoms with E-state index in [-0.39, 0.29) is 30.0 Å². The molecule has 1 saturated carbocycles. The number of hydrogen-bond acceptors (Lipinski definition) is 5. The molecule has 1 N–H and O–H groups in total. The van der Waals surface area contributed by atoms with E-state index in [1.54, 1.807) is 12.4 Å². The lowest BCUT2D eigenvalue weighted by Crippen LogP contribution is -2.45. The van der Waals surface area contributed by atoms with Gasteiger partial charge in [0.15, 0.2) is 11.6 Å². The number of amides is 1. The lowest BCUT2D eigenvalue weighted by Gasteiger charge is -2.40. The van der Waals surface area contributed by atoms with Crippen molar-refractivity contribution in [3.8, 4) is 0 Å². The molecule has 1 fully saturated rings. The number of aliphatic imine (C=N–C) groups is 1. The zero-order chi connectivity index (χ0) is 27.7. The third-order valence-corrected chi connectivity index (χ3v) is 8.99. The fourth-order valence-corrected chi connectivity index (χ4v) is 6.60. The third kappa shape index (κ3) is 6.13. The summed E-state index contributed by atoms with van der Waals surface area (Å²) in [5.74, 6) is -3.93. The van der Waals surface area contributed by atoms with Gasteiger partial charge in [-0.1, -0.05) is 30.3 Å². The average molecular weight is 562 g/mol. The number of nitrogens with zero attached hydrogens (tertiary/aromatic N) is 2. The van der Waals surface area contributed by atoms with Gasteiger partial charge in [-0.25, -0.2) is 26.4 Å². The summed E-state index contributed by atoms with van der Waals surface area (Å²) in [6, 6.07) is 9.79. The summed E-state index contributed by atoms with van der Waals surface area (Å²) in [6.45, 7) is 0.385. The van der Waals surface area contributed by atoms with Crippen LogP contribution in [0.25, 0.3) is 0 Å². The van der Waals surface area contributed by atoms with Crippen LogP contribution < -0.4 is 5.32 Å². The molecule has 0 bridgehead atoms. The molecule has 0 saturated heterocycles. The van der Waals surface area contributed by atoms with Crippen LogP contribution in [0.5, 0.6) is 0 Å². The molecule has 2 unspecified atom stereocenters. The maximum Gasteiger partial charge on any atom is 0.407 e. The van der Waals surface area contributed by atoms with Gasteiger partial charge in [0, 0.05) is 42.9 Å². The van der Waals surface area contributed by atoms with Crippen molar-refractivity contribution in [2.24, 2.45) is 16.8 Å². The summed E-state index contributed by atoms with van der Waals surface area (Å²) in [7, 11) is -3.36. The maximum absolute atomic E-state index is 14.8. The van der Waals surface area contributed by atoms with E-state index in [1.807, 2.05) is 30.3 Å². The number of nitrogens with one attached hydrogen (secondary N) is 1. The van der Waals surface area contributed by atoms with Crippen LogP contribution in [-0.2, 0) is 21.4 Å². The van der Waals surface area contributed by atoms with Crippen molar-refractivity contribution in [1.29, 1.82) is 0 Å². The van der Waals surface area contributed by atoms with Gasteiger partial charge in [0.1, 0.15) is 12.4 Å². The molecular formula is C28H30F3N3O4S. The molecule has 2 aliphatic heterocycles. The number of rotatable bonds is 6. The molecule has 11 heteroatoms. The molecule has 5 rings (SSSR count). The van der Waals surface area contributed by atoms with Crippen LogP contribution in [0, 0.1) is 29.3 Å². The quantitative estimate of drug-likeness (QED) is 0.509. The van der Waals surface area contributed by atoms with Gasteiger partial charge in [-0.05, 0) is 54.4 Å². The highest BCUT2D eigenvalue weighted by atomic mass is 32.2. The molecule has 0 spiro atoms. The van der Waals surface area contributed by atoms with Crippen LogP contribution in [0.1, 0.15) is 42.7 Å². The number of sulfonamides is 1. The summed E-state index contributed by atoms with van der Waals surface area (Å²) >= 11 is 0. The molecule has 2 aromatic rings. The van der Waals surface area contributed by atoms with E-state index < -0.39 is 45.5 Å². The Labute approximate surface area is 225 Å². The number of alkyl carbamates (subject to hydrolysis) is 1. The van der Waals surface area contributed by atoms with Crippen LogP contribution in [-0.4, -0.2) is 49.9 Å². The second-order valence-corrected chi connectivity index (χ2v) is 12.4. The van der Waals surface area contributed by atoms with Crippen molar-refractivity contribution in [1.82, 2.24) is 9.62 Å². The number of carbonyl (C=O) groups excluding carboxylic acids is 1. The van der Waals surface area contributed by atoms with Crippen molar-refractivity contribution in [3.63, 3.8) is 0 Å². The number of hydrogen-bond donors (Lipinski definition) is 1. The normalized spacial score (nSPS) is 26.6. The van der Waals surface area contributed by atoms with Crippen molar-refractivity contribution in [2.45, 2.75) is 50.3 Å². The van der Waals surface area contributed by atoms with Gasteiger partial charge in [-0.2, -0.15) is 0 Å². The molecular weight excluding hydrogens is 531 g/mol. The van der Waals surface area contributed by atoms with Gasteiger partial charge in [0.05, 0.1) is 12.3 Å². The molecule has 7 nitrogen and oxygen atoms in total. The van der Waals surface area contributed by atoms with E-state index in [4.69, 9.17) is 9.73 Å². The van der Waals surface area contributed by atoms with Gasteiger partial charge in [0.25, 0.3) is 0 Å². The number of fused-ring (bicyclic) bond motifs is 1. The highest BCUT2D eigenvalue weighted by Crippen LogP contribution is 2.42. The van der Waals surface area contributed by atoms with E-state index in [0.29, 0.717) is 38.3 Å². The monoisotopic (exact) mass is 561 g/mol. The molecule has 3 aliphatic rings. The zero-order valence-electron chi connectivity index (χ0n) is 21.4. The highest BCUT2D eigenvalue weighted by Gasteiger charge is 2.40. The SMILES string of the molecule is CS(=O)(=O)N1C=C2CC([C@H]3CC[C@H](c4cc(F)c(F)cc4F)[C@@H](NC(=O)OCc4ccccc4)C3)N=CC2C1. The Hall–Kier alpha value is -3.34. The van der Waals surface area contributed by atoms with Crippen LogP contribution in [0.3, 0.4) is 0 Å². The Balaban J connectivity index is 1.33. The Morgan fingerprint density at radius 2 is 1.85 bits per heavy atom. The van der Waals surface area contributed by atoms with E-state index in [9.17, 15) is 26.4 Å². The Morgan fingerprint density at radius 1 is 1.10 bits per heavy atom. The number of benzene rings is 2. The lowest BCUT2D eigenvalue weighted by atomic mass is 9.71. The number of ether oxygens (including phenoxy) is 1. The van der Waals surface area contributed by atoms with Gasteiger partial charge in [0.2, 0.25) is 10.0 Å². The molecule has 0 radical (unpaired) electrons. The first-order valence-electron chi connectivity index (χ1n) is 12.9. The van der Waals surface area contributed by atoms with Crippen LogP contribution >= 0.6 is 0 Å². The van der Waals surface area contributed by atoms with Crippen LogP contribution in [0.2, 0.25) is 0 Å². The Bertz CT molecular complexity index is 1400. The molecule has 0 aromatic heterocycles. The zero-order valence-corrected chi connectivity index (χ0v) is 22.2. The first-order chi connectivity index (χ1) is 18.6. The van der Waals surface area contributed by atoms with E-state index in [1.165, 1.54) is 10.6 Å². The van der Waals surface area contributed by atoms with Gasteiger partial charge < -0.3 is 10.1 Å². The number of carbonyl (C=O) groups is 1. The smallest absolute Gasteiger partial charge is 0.407 e. The molecule has 1 aliphatic carbocycles. The van der Waals surface area contributed by atoms with Crippen molar-refractivity contribution in [3.05, 3.63) is 82.8 Å². The predicted octanol–water partition coefficient (Wildman–Crippen LogP) is 4.90. The fourth-order valence-electron chi connectivity index (χ4n) is 5.84. The van der Waals surface area contributed by atoms with Gasteiger partial charge in [-0.15, -0.1) is 0 Å².